The second-order valence-electron chi connectivity index (χ2n) is 4.50. The molecule has 0 saturated heterocycles. The first kappa shape index (κ1) is 19.6. The molecule has 0 saturated carbocycles. The highest BCUT2D eigenvalue weighted by molar-refractivity contribution is 8.11. The number of primary amides is 1. The summed E-state index contributed by atoms with van der Waals surface area (Å²) in [4.78, 5) is 15.6. The number of ether oxygens (including phenoxy) is 1. The third-order valence-electron chi connectivity index (χ3n) is 3.00. The first-order valence-electron chi connectivity index (χ1n) is 7.57. The van der Waals surface area contributed by atoms with Gasteiger partial charge in [0.15, 0.2) is 0 Å². The number of nitrogens with zero attached hydrogens (tertiary/aromatic N) is 1. The molecule has 0 aliphatic heterocycles. The van der Waals surface area contributed by atoms with E-state index in [1.165, 1.54) is 11.8 Å². The Morgan fingerprint density at radius 2 is 1.88 bits per heavy atom. The fourth-order valence-corrected chi connectivity index (χ4v) is 2.49. The Morgan fingerprint density at radius 1 is 1.21 bits per heavy atom. The molecule has 4 N–H and O–H groups in total. The van der Waals surface area contributed by atoms with Gasteiger partial charge in [0.25, 0.3) is 5.91 Å². The quantitative estimate of drug-likeness (QED) is 0.470. The summed E-state index contributed by atoms with van der Waals surface area (Å²) in [5.74, 6) is 1.04. The summed E-state index contributed by atoms with van der Waals surface area (Å²) in [6.45, 7) is 4.00. The van der Waals surface area contributed by atoms with Crippen LogP contribution in [0.5, 0.6) is 5.75 Å². The Labute approximate surface area is 147 Å². The summed E-state index contributed by atoms with van der Waals surface area (Å²) in [7, 11) is 1.64. The largest absolute Gasteiger partial charge is 0.497 e. The molecule has 0 aliphatic rings. The molecule has 0 aliphatic carbocycles. The Bertz CT molecular complexity index is 685. The van der Waals surface area contributed by atoms with Gasteiger partial charge in [-0.15, -0.1) is 11.8 Å². The van der Waals surface area contributed by atoms with Gasteiger partial charge >= 0.3 is 0 Å². The van der Waals surface area contributed by atoms with Crippen molar-refractivity contribution >= 4 is 34.6 Å². The Morgan fingerprint density at radius 3 is 2.46 bits per heavy atom. The van der Waals surface area contributed by atoms with Crippen molar-refractivity contribution in [1.29, 1.82) is 0 Å². The van der Waals surface area contributed by atoms with Crippen LogP contribution in [-0.4, -0.2) is 18.6 Å². The lowest BCUT2D eigenvalue weighted by molar-refractivity contribution is 0.100. The van der Waals surface area contributed by atoms with Crippen LogP contribution < -0.4 is 16.2 Å². The molecule has 2 rings (SSSR count). The van der Waals surface area contributed by atoms with Gasteiger partial charge in [-0.05, 0) is 29.8 Å². The van der Waals surface area contributed by atoms with Crippen molar-refractivity contribution in [2.75, 3.05) is 12.8 Å². The molecule has 0 unspecified atom stereocenters. The molecule has 0 heterocycles. The molecule has 0 radical (unpaired) electrons. The van der Waals surface area contributed by atoms with E-state index >= 15 is 0 Å². The second kappa shape index (κ2) is 10.3. The summed E-state index contributed by atoms with van der Waals surface area (Å²) >= 11 is 1.50. The van der Waals surface area contributed by atoms with Gasteiger partial charge < -0.3 is 16.2 Å². The van der Waals surface area contributed by atoms with Crippen LogP contribution in [0.2, 0.25) is 0 Å². The highest BCUT2D eigenvalue weighted by atomic mass is 32.2. The number of para-hydroxylation sites is 1. The smallest absolute Gasteiger partial charge is 0.250 e. The van der Waals surface area contributed by atoms with E-state index < -0.39 is 5.91 Å². The number of anilines is 1. The van der Waals surface area contributed by atoms with Crippen molar-refractivity contribution in [3.8, 4) is 5.75 Å². The van der Waals surface area contributed by atoms with E-state index in [0.717, 1.165) is 17.1 Å². The van der Waals surface area contributed by atoms with Crippen LogP contribution in [0.4, 0.5) is 11.4 Å². The van der Waals surface area contributed by atoms with E-state index in [1.54, 1.807) is 30.9 Å². The highest BCUT2D eigenvalue weighted by Gasteiger charge is 2.09. The third kappa shape index (κ3) is 5.62. The fraction of sp³-hybridized carbons (Fsp3) is 0.222. The number of nitrogens with two attached hydrogens (primary N) is 2. The second-order valence-corrected chi connectivity index (χ2v) is 5.33. The molecule has 0 spiro atoms. The number of thioether (sulfide) groups is 1. The predicted octanol–water partition coefficient (Wildman–Crippen LogP) is 4.00. The minimum Gasteiger partial charge on any atom is -0.497 e. The van der Waals surface area contributed by atoms with Crippen LogP contribution >= 0.6 is 11.8 Å². The van der Waals surface area contributed by atoms with Gasteiger partial charge in [0.2, 0.25) is 0 Å². The molecule has 0 fully saturated rings. The number of carbonyl (C=O) groups is 1. The number of hydrogen-bond acceptors (Lipinski definition) is 5. The summed E-state index contributed by atoms with van der Waals surface area (Å²) in [5.41, 5.74) is 15.1. The van der Waals surface area contributed by atoms with Crippen molar-refractivity contribution < 1.29 is 9.53 Å². The molecule has 0 bridgehead atoms. The van der Waals surface area contributed by atoms with Crippen molar-refractivity contribution in [2.45, 2.75) is 19.6 Å². The van der Waals surface area contributed by atoms with Crippen molar-refractivity contribution in [3.05, 3.63) is 53.6 Å². The standard InChI is InChI=1S/C16H17N3O2S.C2H6/c1-21-12-7-5-11(6-8-12)9-22-10-19-15-13(16(18)20)3-2-4-14(15)17;1-2/h2-8,10H,9,17H2,1H3,(H2,18,20);1-2H3. The van der Waals surface area contributed by atoms with Crippen molar-refractivity contribution in [1.82, 2.24) is 0 Å². The fourth-order valence-electron chi connectivity index (χ4n) is 1.85. The maximum absolute atomic E-state index is 11.4. The van der Waals surface area contributed by atoms with E-state index in [4.69, 9.17) is 16.2 Å². The normalized spacial score (nSPS) is 10.1. The zero-order valence-electron chi connectivity index (χ0n) is 14.2. The number of benzene rings is 2. The molecule has 2 aromatic carbocycles. The van der Waals surface area contributed by atoms with Gasteiger partial charge in [0.1, 0.15) is 5.75 Å². The number of rotatable bonds is 6. The molecule has 24 heavy (non-hydrogen) atoms. The molecule has 128 valence electrons. The van der Waals surface area contributed by atoms with Crippen LogP contribution in [-0.2, 0) is 5.75 Å². The first-order valence-corrected chi connectivity index (χ1v) is 8.62. The van der Waals surface area contributed by atoms with Crippen molar-refractivity contribution in [3.63, 3.8) is 0 Å². The summed E-state index contributed by atoms with van der Waals surface area (Å²) < 4.78 is 5.11. The van der Waals surface area contributed by atoms with Crippen LogP contribution in [0.15, 0.2) is 47.5 Å². The van der Waals surface area contributed by atoms with Crippen LogP contribution in [0.25, 0.3) is 0 Å². The molecular weight excluding hydrogens is 322 g/mol. The lowest BCUT2D eigenvalue weighted by Crippen LogP contribution is -2.11. The molecular formula is C18H23N3O2S. The molecule has 0 aromatic heterocycles. The highest BCUT2D eigenvalue weighted by Crippen LogP contribution is 2.27. The van der Waals surface area contributed by atoms with E-state index in [0.29, 0.717) is 16.9 Å². The van der Waals surface area contributed by atoms with Gasteiger partial charge in [-0.3, -0.25) is 4.79 Å². The zero-order valence-corrected chi connectivity index (χ0v) is 15.0. The minimum atomic E-state index is -0.542. The van der Waals surface area contributed by atoms with Gasteiger partial charge in [0, 0.05) is 5.75 Å². The number of amides is 1. The van der Waals surface area contributed by atoms with E-state index in [1.807, 2.05) is 38.1 Å². The lowest BCUT2D eigenvalue weighted by atomic mass is 10.1. The minimum absolute atomic E-state index is 0.321. The maximum Gasteiger partial charge on any atom is 0.250 e. The monoisotopic (exact) mass is 345 g/mol. The number of hydrogen-bond donors (Lipinski definition) is 2. The SMILES string of the molecule is CC.COc1ccc(CSC=Nc2c(N)cccc2C(N)=O)cc1. The predicted molar refractivity (Wildman–Crippen MR) is 103 cm³/mol. The summed E-state index contributed by atoms with van der Waals surface area (Å²) in [6, 6.07) is 12.8. The maximum atomic E-state index is 11.4. The zero-order chi connectivity index (χ0) is 17.9. The van der Waals surface area contributed by atoms with Crippen LogP contribution in [0.1, 0.15) is 29.8 Å². The molecule has 1 amide bonds. The topological polar surface area (TPSA) is 90.7 Å². The van der Waals surface area contributed by atoms with Gasteiger partial charge in [0.05, 0.1) is 29.6 Å². The average molecular weight is 345 g/mol. The van der Waals surface area contributed by atoms with Gasteiger partial charge in [-0.25, -0.2) is 4.99 Å². The van der Waals surface area contributed by atoms with E-state index in [2.05, 4.69) is 4.99 Å². The van der Waals surface area contributed by atoms with Crippen LogP contribution in [0, 0.1) is 0 Å². The summed E-state index contributed by atoms with van der Waals surface area (Å²) in [5, 5.41) is 0. The molecule has 6 heteroatoms. The Hall–Kier alpha value is -2.47. The summed E-state index contributed by atoms with van der Waals surface area (Å²) in [6.07, 6.45) is 0. The Kier molecular flexibility index (Phi) is 8.43. The molecule has 5 nitrogen and oxygen atoms in total. The van der Waals surface area contributed by atoms with Crippen molar-refractivity contribution in [2.24, 2.45) is 10.7 Å². The number of aliphatic imine (C=N–C) groups is 1. The van der Waals surface area contributed by atoms with Gasteiger partial charge in [-0.2, -0.15) is 0 Å². The number of methoxy groups -OCH3 is 1. The van der Waals surface area contributed by atoms with E-state index in [-0.39, 0.29) is 0 Å². The molecule has 2 aromatic rings. The van der Waals surface area contributed by atoms with Gasteiger partial charge in [-0.1, -0.05) is 32.0 Å². The lowest BCUT2D eigenvalue weighted by Gasteiger charge is -2.05. The van der Waals surface area contributed by atoms with Crippen LogP contribution in [0.3, 0.4) is 0 Å². The number of nitrogen functional groups attached to an aromatic ring is 1. The molecule has 0 atom stereocenters. The van der Waals surface area contributed by atoms with E-state index in [9.17, 15) is 4.79 Å². The third-order valence-corrected chi connectivity index (χ3v) is 3.75. The first-order chi connectivity index (χ1) is 11.6. The average Bonchev–Trinajstić information content (AvgIpc) is 2.61. The Balaban J connectivity index is 0.00000139. The number of carbonyl (C=O) groups excluding carboxylic acids is 1.